The Morgan fingerprint density at radius 1 is 0.616 bits per heavy atom. The molecular formula is C58H83N17O11. The number of fused-ring (bicyclic) bond motifs is 1. The van der Waals surface area contributed by atoms with Crippen LogP contribution < -0.4 is 54.4 Å². The number of primary amides is 1. The number of carbonyl (C=O) groups is 9. The Balaban J connectivity index is 1.31. The van der Waals surface area contributed by atoms with Gasteiger partial charge in [-0.1, -0.05) is 93.3 Å². The molecule has 466 valence electrons. The third-order valence-corrected chi connectivity index (χ3v) is 14.1. The van der Waals surface area contributed by atoms with Gasteiger partial charge in [-0.2, -0.15) is 0 Å². The van der Waals surface area contributed by atoms with Crippen LogP contribution in [-0.4, -0.2) is 155 Å². The van der Waals surface area contributed by atoms with E-state index >= 15 is 0 Å². The molecule has 0 aliphatic heterocycles. The smallest absolute Gasteiger partial charge is 0.303 e. The van der Waals surface area contributed by atoms with Gasteiger partial charge in [0, 0.05) is 80.4 Å². The van der Waals surface area contributed by atoms with E-state index in [0.29, 0.717) is 49.0 Å². The number of imidazole rings is 1. The Bertz CT molecular complexity index is 3020. The summed E-state index contributed by atoms with van der Waals surface area (Å²) in [5.41, 5.74) is 20.3. The summed E-state index contributed by atoms with van der Waals surface area (Å²) in [5.74, 6) is -8.17. The number of nitrogens with two attached hydrogens (primary N) is 3. The van der Waals surface area contributed by atoms with Crippen molar-refractivity contribution < 1.29 is 53.4 Å². The lowest BCUT2D eigenvalue weighted by atomic mass is 10.0. The number of carboxylic acids is 1. The van der Waals surface area contributed by atoms with Crippen LogP contribution in [0.2, 0.25) is 0 Å². The number of aromatic nitrogens is 6. The highest BCUT2D eigenvalue weighted by molar-refractivity contribution is 5.98. The van der Waals surface area contributed by atoms with Crippen LogP contribution in [-0.2, 0) is 75.4 Å². The zero-order valence-electron chi connectivity index (χ0n) is 48.7. The van der Waals surface area contributed by atoms with Crippen molar-refractivity contribution in [3.05, 3.63) is 102 Å². The van der Waals surface area contributed by atoms with E-state index in [4.69, 9.17) is 17.2 Å². The summed E-state index contributed by atoms with van der Waals surface area (Å²) in [6.45, 7) is 3.83. The molecule has 0 bridgehead atoms. The summed E-state index contributed by atoms with van der Waals surface area (Å²) < 4.78 is 1.76. The Labute approximate surface area is 498 Å². The number of hydrogen-bond acceptors (Lipinski definition) is 14. The second kappa shape index (κ2) is 35.8. The normalized spacial score (nSPS) is 13.6. The van der Waals surface area contributed by atoms with Gasteiger partial charge in [-0.25, -0.2) is 4.98 Å². The second-order valence-corrected chi connectivity index (χ2v) is 21.0. The highest BCUT2D eigenvalue weighted by atomic mass is 16.4. The fourth-order valence-electron chi connectivity index (χ4n) is 9.36. The monoisotopic (exact) mass is 1190 g/mol. The molecule has 5 aromatic rings. The first-order valence-corrected chi connectivity index (χ1v) is 29.1. The Morgan fingerprint density at radius 3 is 1.83 bits per heavy atom. The van der Waals surface area contributed by atoms with E-state index in [2.05, 4.69) is 74.4 Å². The van der Waals surface area contributed by atoms with Gasteiger partial charge in [0.15, 0.2) is 5.96 Å². The summed E-state index contributed by atoms with van der Waals surface area (Å²) in [7, 11) is 0. The number of carbonyl (C=O) groups excluding carboxylic acids is 8. The zero-order chi connectivity index (χ0) is 62.4. The lowest BCUT2D eigenvalue weighted by Gasteiger charge is -2.28. The van der Waals surface area contributed by atoms with Crippen LogP contribution in [0.4, 0.5) is 0 Å². The number of aliphatic hydroxyl groups is 1. The molecule has 3 aromatic heterocycles. The van der Waals surface area contributed by atoms with Crippen LogP contribution in [0.5, 0.6) is 0 Å². The fourth-order valence-corrected chi connectivity index (χ4v) is 9.36. The van der Waals surface area contributed by atoms with E-state index in [1.54, 1.807) is 41.2 Å². The molecule has 0 fully saturated rings. The summed E-state index contributed by atoms with van der Waals surface area (Å²) in [4.78, 5) is 137. The van der Waals surface area contributed by atoms with Gasteiger partial charge in [0.2, 0.25) is 47.3 Å². The van der Waals surface area contributed by atoms with Crippen LogP contribution in [0.3, 0.4) is 0 Å². The number of guanidine groups is 1. The van der Waals surface area contributed by atoms with Crippen LogP contribution in [0.15, 0.2) is 84.5 Å². The quantitative estimate of drug-likeness (QED) is 0.0140. The van der Waals surface area contributed by atoms with Gasteiger partial charge in [0.25, 0.3) is 0 Å². The van der Waals surface area contributed by atoms with E-state index in [1.807, 2.05) is 37.4 Å². The van der Waals surface area contributed by atoms with Gasteiger partial charge < -0.3 is 74.6 Å². The summed E-state index contributed by atoms with van der Waals surface area (Å²) >= 11 is 0. The van der Waals surface area contributed by atoms with Crippen LogP contribution in [0, 0.1) is 0 Å². The van der Waals surface area contributed by atoms with Crippen molar-refractivity contribution >= 4 is 70.1 Å². The van der Waals surface area contributed by atoms with E-state index < -0.39 is 115 Å². The molecular weight excluding hydrogens is 1110 g/mol. The van der Waals surface area contributed by atoms with Gasteiger partial charge in [-0.15, -0.1) is 5.10 Å². The topological polar surface area (TPSA) is 444 Å². The average molecular weight is 1190 g/mol. The molecule has 0 spiro atoms. The van der Waals surface area contributed by atoms with E-state index in [0.717, 1.165) is 42.3 Å². The third kappa shape index (κ3) is 23.1. The fraction of sp³-hybridized carbons (Fsp3) is 0.500. The first kappa shape index (κ1) is 67.6. The maximum atomic E-state index is 14.7. The van der Waals surface area contributed by atoms with Gasteiger partial charge in [-0.05, 0) is 68.6 Å². The minimum absolute atomic E-state index is 0.00726. The number of benzene rings is 2. The molecule has 0 aliphatic rings. The Kier molecular flexibility index (Phi) is 28.1. The number of carboxylic acid groups (broad SMARTS) is 1. The number of aliphatic carboxylic acids is 1. The maximum absolute atomic E-state index is 14.7. The van der Waals surface area contributed by atoms with E-state index in [1.165, 1.54) is 12.5 Å². The lowest BCUT2D eigenvalue weighted by molar-refractivity contribution is -0.138. The number of H-pyrrole nitrogens is 2. The highest BCUT2D eigenvalue weighted by Gasteiger charge is 2.35. The molecule has 2 aromatic carbocycles. The molecule has 5 rings (SSSR count). The largest absolute Gasteiger partial charge is 0.481 e. The number of hydrogen-bond donors (Lipinski definition) is 14. The number of aryl methyl sites for hydroxylation is 2. The molecule has 86 heavy (non-hydrogen) atoms. The summed E-state index contributed by atoms with van der Waals surface area (Å²) in [6.07, 6.45) is 10.9. The van der Waals surface area contributed by atoms with Gasteiger partial charge in [-0.3, -0.25) is 52.8 Å². The summed E-state index contributed by atoms with van der Waals surface area (Å²) in [5, 5.41) is 47.4. The van der Waals surface area contributed by atoms with Crippen molar-refractivity contribution in [2.24, 2.45) is 22.2 Å². The van der Waals surface area contributed by atoms with Crippen molar-refractivity contribution in [2.45, 2.75) is 172 Å². The minimum atomic E-state index is -1.61. The zero-order valence-corrected chi connectivity index (χ0v) is 48.7. The number of aromatic amines is 2. The molecule has 0 saturated heterocycles. The van der Waals surface area contributed by atoms with E-state index in [-0.39, 0.29) is 57.5 Å². The number of nitrogens with one attached hydrogen (secondary N) is 9. The molecule has 0 radical (unpaired) electrons. The SMILES string of the molecule is CCCCc1cn(CCCCCC(=O)N[C@@H](CO)C(=O)N[C@@H](CCCC)C(=O)N[C@@H](CCC(=O)O)C(=O)N[C@@H](Cc2cnc[nH]2)C(=O)N[C@H](Cc2ccccc2)C(=O)N[C@@H](CCCN=C(N)N)C(=O)N[C@@H](Cc2c[nH]c3ccccc23)C(N)=O)nn1. The van der Waals surface area contributed by atoms with Crippen molar-refractivity contribution in [1.82, 2.24) is 67.2 Å². The highest BCUT2D eigenvalue weighted by Crippen LogP contribution is 2.20. The Morgan fingerprint density at radius 2 is 1.21 bits per heavy atom. The van der Waals surface area contributed by atoms with Gasteiger partial charge in [0.05, 0.1) is 18.6 Å². The second-order valence-electron chi connectivity index (χ2n) is 21.0. The van der Waals surface area contributed by atoms with Crippen molar-refractivity contribution in [3.8, 4) is 0 Å². The van der Waals surface area contributed by atoms with Crippen molar-refractivity contribution in [2.75, 3.05) is 13.2 Å². The molecule has 0 aliphatic carbocycles. The standard InChI is InChI=1S/C58H83N17O11/c1-3-5-18-38-33-75(74-73-38)27-14-8-11-23-49(77)66-48(34-76)57(86)68-42(20-6-4-2)52(81)69-44(24-25-50(78)79)54(83)72-47(30-39-32-62-35-65-39)56(85)71-46(28-36-16-9-7-10-17-36)55(84)67-43(22-15-26-63-58(60)61)53(82)70-45(51(59)80)29-37-31-64-41-21-13-12-19-40(37)41/h7,9-10,12-13,16-17,19,21,31-33,35,42-48,64,76H,3-6,8,11,14-15,18,20,22-30,34H2,1-2H3,(H2,59,80)(H,62,65)(H,66,77)(H,67,84)(H,68,86)(H,69,81)(H,70,82)(H,71,85)(H,72,83)(H,78,79)(H4,60,61,63)/t42-,43-,44-,45-,46+,47-,48-/m0/s1. The number of amides is 8. The third-order valence-electron chi connectivity index (χ3n) is 14.1. The lowest BCUT2D eigenvalue weighted by Crippen LogP contribution is -2.61. The number of unbranched alkanes of at least 4 members (excludes halogenated alkanes) is 4. The first-order valence-electron chi connectivity index (χ1n) is 29.1. The molecule has 8 amide bonds. The van der Waals surface area contributed by atoms with Crippen LogP contribution >= 0.6 is 0 Å². The van der Waals surface area contributed by atoms with Gasteiger partial charge in [0.1, 0.15) is 42.3 Å². The number of nitrogens with zero attached hydrogens (tertiary/aromatic N) is 5. The molecule has 17 N–H and O–H groups in total. The molecule has 0 saturated carbocycles. The average Bonchev–Trinajstić information content (AvgIpc) is 4.07. The van der Waals surface area contributed by atoms with Gasteiger partial charge >= 0.3 is 5.97 Å². The summed E-state index contributed by atoms with van der Waals surface area (Å²) in [6, 6.07) is 6.05. The molecule has 7 atom stereocenters. The predicted octanol–water partition coefficient (Wildman–Crippen LogP) is 0.0934. The van der Waals surface area contributed by atoms with Crippen molar-refractivity contribution in [1.29, 1.82) is 0 Å². The van der Waals surface area contributed by atoms with Crippen LogP contribution in [0.25, 0.3) is 10.9 Å². The minimum Gasteiger partial charge on any atom is -0.481 e. The molecule has 28 heteroatoms. The maximum Gasteiger partial charge on any atom is 0.303 e. The number of rotatable bonds is 40. The molecule has 3 heterocycles. The van der Waals surface area contributed by atoms with E-state index in [9.17, 15) is 53.4 Å². The Hall–Kier alpha value is -9.21. The predicted molar refractivity (Wildman–Crippen MR) is 318 cm³/mol. The molecule has 0 unspecified atom stereocenters. The van der Waals surface area contributed by atoms with Crippen LogP contribution in [0.1, 0.15) is 120 Å². The van der Waals surface area contributed by atoms with Crippen molar-refractivity contribution in [3.63, 3.8) is 0 Å². The first-order chi connectivity index (χ1) is 41.4. The number of para-hydroxylation sites is 1. The number of aliphatic imine (C=N–C) groups is 1. The molecule has 28 nitrogen and oxygen atoms in total. The number of aliphatic hydroxyl groups excluding tert-OH is 1.